The molecule has 3 saturated heterocycles. The Morgan fingerprint density at radius 1 is 1.18 bits per heavy atom. The van der Waals surface area contributed by atoms with Crippen molar-refractivity contribution in [2.45, 2.75) is 49.3 Å². The van der Waals surface area contributed by atoms with Crippen molar-refractivity contribution in [1.82, 2.24) is 9.80 Å². The van der Waals surface area contributed by atoms with Crippen LogP contribution in [-0.4, -0.2) is 69.1 Å². The third-order valence-electron chi connectivity index (χ3n) is 6.64. The maximum atomic E-state index is 13.3. The van der Waals surface area contributed by atoms with Gasteiger partial charge in [-0.05, 0) is 38.2 Å². The Kier molecular flexibility index (Phi) is 5.37. The molecule has 3 heterocycles. The molecule has 0 radical (unpaired) electrons. The molecule has 0 N–H and O–H groups in total. The number of amides is 1. The van der Waals surface area contributed by atoms with Gasteiger partial charge in [-0.2, -0.15) is 0 Å². The van der Waals surface area contributed by atoms with Crippen LogP contribution in [-0.2, 0) is 30.5 Å². The van der Waals surface area contributed by atoms with Crippen molar-refractivity contribution in [2.24, 2.45) is 5.92 Å². The smallest absolute Gasteiger partial charge is 0.278 e. The van der Waals surface area contributed by atoms with Gasteiger partial charge in [0.2, 0.25) is 4.75 Å². The van der Waals surface area contributed by atoms with Crippen LogP contribution in [0.4, 0.5) is 0 Å². The molecular weight excluding hydrogens is 376 g/mol. The molecule has 0 aromatic heterocycles. The first-order chi connectivity index (χ1) is 13.3. The van der Waals surface area contributed by atoms with Crippen LogP contribution in [0.2, 0.25) is 0 Å². The highest BCUT2D eigenvalue weighted by molar-refractivity contribution is 8.00. The minimum absolute atomic E-state index is 0.234. The van der Waals surface area contributed by atoms with Crippen molar-refractivity contribution in [3.05, 3.63) is 35.9 Å². The van der Waals surface area contributed by atoms with E-state index < -0.39 is 20.2 Å². The number of fused-ring (bicyclic) bond motifs is 1. The van der Waals surface area contributed by atoms with Crippen molar-refractivity contribution in [3.63, 3.8) is 0 Å². The van der Waals surface area contributed by atoms with Crippen LogP contribution in [0.25, 0.3) is 0 Å². The number of carbonyl (C=O) groups is 1. The molecule has 0 saturated carbocycles. The highest BCUT2D eigenvalue weighted by Crippen LogP contribution is 2.41. The summed E-state index contributed by atoms with van der Waals surface area (Å²) < 4.78 is 30.6. The van der Waals surface area contributed by atoms with E-state index in [-0.39, 0.29) is 11.9 Å². The van der Waals surface area contributed by atoms with Gasteiger partial charge >= 0.3 is 0 Å². The van der Waals surface area contributed by atoms with E-state index in [1.807, 2.05) is 23.1 Å². The van der Waals surface area contributed by atoms with Crippen molar-refractivity contribution in [1.29, 1.82) is 0 Å². The Morgan fingerprint density at radius 3 is 2.54 bits per heavy atom. The Balaban J connectivity index is 1.58. The lowest BCUT2D eigenvalue weighted by Gasteiger charge is -2.48. The number of ether oxygens (including phenoxy) is 1. The van der Waals surface area contributed by atoms with E-state index in [4.69, 9.17) is 4.74 Å². The fourth-order valence-corrected chi connectivity index (χ4v) is 7.00. The van der Waals surface area contributed by atoms with Gasteiger partial charge in [0.05, 0.1) is 16.3 Å². The number of sulfone groups is 1. The largest absolute Gasteiger partial charge is 0.614 e. The molecule has 4 rings (SSSR count). The predicted octanol–water partition coefficient (Wildman–Crippen LogP) is 1.92. The van der Waals surface area contributed by atoms with Crippen molar-refractivity contribution < 1.29 is 18.3 Å². The maximum Gasteiger partial charge on any atom is 0.278 e. The maximum absolute atomic E-state index is 13.3. The van der Waals surface area contributed by atoms with Crippen LogP contribution < -0.4 is 0 Å². The molecule has 154 valence electrons. The summed E-state index contributed by atoms with van der Waals surface area (Å²) in [7, 11) is -3.54. The molecule has 1 unspecified atom stereocenters. The second kappa shape index (κ2) is 7.52. The average molecular weight is 407 g/mol. The first kappa shape index (κ1) is 20.0. The second-order valence-corrected chi connectivity index (χ2v) is 11.6. The molecule has 1 aromatic rings. The lowest BCUT2D eigenvalue weighted by Crippen LogP contribution is -2.68. The first-order valence-electron chi connectivity index (χ1n) is 10.2. The molecule has 28 heavy (non-hydrogen) atoms. The molecule has 3 atom stereocenters. The minimum Gasteiger partial charge on any atom is -0.614 e. The minimum atomic E-state index is -3.54. The Labute approximate surface area is 168 Å². The van der Waals surface area contributed by atoms with Gasteiger partial charge in [-0.15, -0.1) is 4.21 Å². The van der Waals surface area contributed by atoms with Crippen LogP contribution in [0.3, 0.4) is 0 Å². The van der Waals surface area contributed by atoms with Gasteiger partial charge in [-0.3, -0.25) is 9.69 Å². The lowest BCUT2D eigenvalue weighted by molar-refractivity contribution is -0.137. The molecule has 3 aliphatic heterocycles. The number of rotatable bonds is 4. The number of likely N-dealkylation sites (tertiary alicyclic amines) is 1. The third-order valence-corrected chi connectivity index (χ3v) is 9.50. The molecule has 0 spiro atoms. The van der Waals surface area contributed by atoms with Crippen molar-refractivity contribution in [2.75, 3.05) is 32.8 Å². The number of carbonyl (C=O) groups excluding carboxylic acids is 1. The highest BCUT2D eigenvalue weighted by Gasteiger charge is 2.63. The fraction of sp³-hybridized carbons (Fsp3) is 0.667. The average Bonchev–Trinajstić information content (AvgIpc) is 3.10. The normalized spacial score (nSPS) is 33.8. The van der Waals surface area contributed by atoms with E-state index in [2.05, 4.69) is 17.0 Å². The number of hydrogen-bond donors (Lipinski definition) is 0. The summed E-state index contributed by atoms with van der Waals surface area (Å²) in [5.74, 6) is 0.153. The zero-order valence-electron chi connectivity index (χ0n) is 16.7. The Bertz CT molecular complexity index is 763. The summed E-state index contributed by atoms with van der Waals surface area (Å²) in [6.45, 7) is 7.07. The zero-order chi connectivity index (χ0) is 19.9. The molecule has 1 amide bonds. The van der Waals surface area contributed by atoms with Gasteiger partial charge < -0.3 is 14.2 Å². The summed E-state index contributed by atoms with van der Waals surface area (Å²) in [5.41, 5.74) is 1.17. The third kappa shape index (κ3) is 3.43. The number of hydrogen-bond acceptors (Lipinski definition) is 5. The van der Waals surface area contributed by atoms with Crippen molar-refractivity contribution >= 4 is 16.1 Å². The summed E-state index contributed by atoms with van der Waals surface area (Å²) in [6, 6.07) is 9.85. The number of benzene rings is 1. The van der Waals surface area contributed by atoms with E-state index in [1.54, 1.807) is 13.8 Å². The molecule has 1 aromatic carbocycles. The summed E-state index contributed by atoms with van der Waals surface area (Å²) in [6.07, 6.45) is 1.87. The SMILES string of the molecule is CC1(C)C(=O)N(CC2CCOCC2)[C@H]2CN(Cc3ccccc3)C[C@@H]2[S+]1(=O)[O-]. The van der Waals surface area contributed by atoms with E-state index in [1.165, 1.54) is 5.56 Å². The summed E-state index contributed by atoms with van der Waals surface area (Å²) >= 11 is 0. The molecule has 7 heteroatoms. The van der Waals surface area contributed by atoms with Gasteiger partial charge in [-0.25, -0.2) is 0 Å². The standard InChI is InChI=1S/C21H30N2O4S/c1-21(2)20(24)23(13-17-8-10-27-11-9-17)18-14-22(15-19(18)28(21,25)26)12-16-6-4-3-5-7-16/h3-7,17-19H,8-15H2,1-2H3/t18-,19-/m0/s1. The van der Waals surface area contributed by atoms with Crippen molar-refractivity contribution in [3.8, 4) is 0 Å². The molecule has 0 bridgehead atoms. The highest BCUT2D eigenvalue weighted by atomic mass is 32.3. The molecule has 3 aliphatic rings. The summed E-state index contributed by atoms with van der Waals surface area (Å²) in [4.78, 5) is 17.3. The zero-order valence-corrected chi connectivity index (χ0v) is 17.5. The topological polar surface area (TPSA) is 72.9 Å². The van der Waals surface area contributed by atoms with E-state index >= 15 is 0 Å². The van der Waals surface area contributed by atoms with Crippen LogP contribution in [0.15, 0.2) is 30.3 Å². The molecular formula is C21H30N2O4S. The summed E-state index contributed by atoms with van der Waals surface area (Å²) in [5, 5.41) is -0.510. The Morgan fingerprint density at radius 2 is 1.86 bits per heavy atom. The van der Waals surface area contributed by atoms with E-state index in [9.17, 15) is 13.6 Å². The molecule has 0 aliphatic carbocycles. The van der Waals surface area contributed by atoms with E-state index in [0.29, 0.717) is 32.1 Å². The second-order valence-electron chi connectivity index (χ2n) is 8.85. The number of nitrogens with zero attached hydrogens (tertiary/aromatic N) is 2. The van der Waals surface area contributed by atoms with Gasteiger partial charge in [-0.1, -0.05) is 30.3 Å². The van der Waals surface area contributed by atoms with Gasteiger partial charge in [0.25, 0.3) is 5.91 Å². The fourth-order valence-electron chi connectivity index (χ4n) is 4.83. The molecule has 6 nitrogen and oxygen atoms in total. The van der Waals surface area contributed by atoms with Crippen LogP contribution in [0, 0.1) is 5.92 Å². The predicted molar refractivity (Wildman–Crippen MR) is 107 cm³/mol. The molecule has 3 fully saturated rings. The van der Waals surface area contributed by atoms with Gasteiger partial charge in [0.15, 0.2) is 5.25 Å². The van der Waals surface area contributed by atoms with Crippen LogP contribution >= 0.6 is 0 Å². The van der Waals surface area contributed by atoms with Crippen LogP contribution in [0.5, 0.6) is 0 Å². The van der Waals surface area contributed by atoms with Crippen LogP contribution in [0.1, 0.15) is 32.3 Å². The first-order valence-corrected chi connectivity index (χ1v) is 11.7. The Hall–Kier alpha value is -1.28. The monoisotopic (exact) mass is 406 g/mol. The van der Waals surface area contributed by atoms with Gasteiger partial charge in [0.1, 0.15) is 0 Å². The van der Waals surface area contributed by atoms with Gasteiger partial charge in [0, 0.05) is 39.4 Å². The lowest BCUT2D eigenvalue weighted by atomic mass is 9.97. The van der Waals surface area contributed by atoms with E-state index in [0.717, 1.165) is 26.1 Å². The quantitative estimate of drug-likeness (QED) is 0.715.